The molecule has 1 aromatic rings. The Kier molecular flexibility index (Phi) is 7.00. The molecule has 1 atom stereocenters. The third-order valence-electron chi connectivity index (χ3n) is 2.47. The van der Waals surface area contributed by atoms with Gasteiger partial charge in [0.2, 0.25) is 0 Å². The van der Waals surface area contributed by atoms with Crippen molar-refractivity contribution in [3.63, 3.8) is 0 Å². The van der Waals surface area contributed by atoms with Crippen LogP contribution in [0.1, 0.15) is 37.9 Å². The maximum atomic E-state index is 4.49. The van der Waals surface area contributed by atoms with Gasteiger partial charge in [-0.15, -0.1) is 6.58 Å². The minimum atomic E-state index is 0.287. The van der Waals surface area contributed by atoms with E-state index in [4.69, 9.17) is 0 Å². The van der Waals surface area contributed by atoms with Crippen molar-refractivity contribution in [3.8, 4) is 0 Å². The van der Waals surface area contributed by atoms with Gasteiger partial charge in [0.15, 0.2) is 0 Å². The molecule has 1 aromatic heterocycles. The summed E-state index contributed by atoms with van der Waals surface area (Å²) >= 11 is 6.99. The minimum absolute atomic E-state index is 0.287. The molecule has 0 fully saturated rings. The molecule has 0 aliphatic heterocycles. The molecule has 0 saturated heterocycles. The standard InChI is InChI=1S/C13H18Br2N2/c1-3-5-6-12(16-7-4-2)13-11(15)8-10(14)9-17-13/h3,8-9,12,16H,1,4-7H2,2H3. The van der Waals surface area contributed by atoms with E-state index in [1.807, 2.05) is 18.3 Å². The minimum Gasteiger partial charge on any atom is -0.309 e. The summed E-state index contributed by atoms with van der Waals surface area (Å²) in [6.45, 7) is 6.95. The van der Waals surface area contributed by atoms with Crippen LogP contribution in [0.2, 0.25) is 0 Å². The van der Waals surface area contributed by atoms with E-state index in [0.29, 0.717) is 0 Å². The Morgan fingerprint density at radius 3 is 2.88 bits per heavy atom. The molecular weight excluding hydrogens is 344 g/mol. The van der Waals surface area contributed by atoms with Crippen molar-refractivity contribution in [2.45, 2.75) is 32.2 Å². The van der Waals surface area contributed by atoms with Crippen molar-refractivity contribution < 1.29 is 0 Å². The summed E-state index contributed by atoms with van der Waals surface area (Å²) < 4.78 is 2.04. The lowest BCUT2D eigenvalue weighted by atomic mass is 10.1. The lowest BCUT2D eigenvalue weighted by molar-refractivity contribution is 0.490. The fourth-order valence-corrected chi connectivity index (χ4v) is 2.88. The fraction of sp³-hybridized carbons (Fsp3) is 0.462. The Bertz CT molecular complexity index is 366. The van der Waals surface area contributed by atoms with E-state index in [0.717, 1.165) is 40.4 Å². The Morgan fingerprint density at radius 2 is 2.29 bits per heavy atom. The highest BCUT2D eigenvalue weighted by Crippen LogP contribution is 2.27. The van der Waals surface area contributed by atoms with Gasteiger partial charge in [0.1, 0.15) is 0 Å². The van der Waals surface area contributed by atoms with Crippen molar-refractivity contribution in [2.75, 3.05) is 6.54 Å². The number of hydrogen-bond acceptors (Lipinski definition) is 2. The number of aromatic nitrogens is 1. The smallest absolute Gasteiger partial charge is 0.0715 e. The molecule has 1 unspecified atom stereocenters. The summed E-state index contributed by atoms with van der Waals surface area (Å²) in [7, 11) is 0. The van der Waals surface area contributed by atoms with Gasteiger partial charge in [-0.3, -0.25) is 4.98 Å². The average molecular weight is 362 g/mol. The first-order valence-electron chi connectivity index (χ1n) is 5.84. The van der Waals surface area contributed by atoms with E-state index in [-0.39, 0.29) is 6.04 Å². The van der Waals surface area contributed by atoms with Crippen LogP contribution >= 0.6 is 31.9 Å². The lowest BCUT2D eigenvalue weighted by Gasteiger charge is -2.18. The van der Waals surface area contributed by atoms with Gasteiger partial charge in [-0.25, -0.2) is 0 Å². The maximum Gasteiger partial charge on any atom is 0.0715 e. The number of allylic oxidation sites excluding steroid dienone is 1. The van der Waals surface area contributed by atoms with Gasteiger partial charge in [-0.05, 0) is 63.7 Å². The molecule has 4 heteroatoms. The number of nitrogens with one attached hydrogen (secondary N) is 1. The molecule has 17 heavy (non-hydrogen) atoms. The molecule has 0 aromatic carbocycles. The third kappa shape index (κ3) is 4.90. The van der Waals surface area contributed by atoms with Gasteiger partial charge >= 0.3 is 0 Å². The van der Waals surface area contributed by atoms with Crippen molar-refractivity contribution in [1.29, 1.82) is 0 Å². The van der Waals surface area contributed by atoms with Crippen LogP contribution in [0.15, 0.2) is 33.9 Å². The van der Waals surface area contributed by atoms with Crippen molar-refractivity contribution in [1.82, 2.24) is 10.3 Å². The van der Waals surface area contributed by atoms with E-state index >= 15 is 0 Å². The van der Waals surface area contributed by atoms with Crippen LogP contribution in [-0.2, 0) is 0 Å². The van der Waals surface area contributed by atoms with Crippen LogP contribution in [0.3, 0.4) is 0 Å². The summed E-state index contributed by atoms with van der Waals surface area (Å²) in [6.07, 6.45) is 6.93. The van der Waals surface area contributed by atoms with Crippen LogP contribution in [0.5, 0.6) is 0 Å². The predicted octanol–water partition coefficient (Wildman–Crippen LogP) is 4.61. The quantitative estimate of drug-likeness (QED) is 0.717. The molecule has 0 radical (unpaired) electrons. The molecule has 1 heterocycles. The van der Waals surface area contributed by atoms with Crippen LogP contribution in [0, 0.1) is 0 Å². The second kappa shape index (κ2) is 8.01. The molecule has 0 saturated carbocycles. The van der Waals surface area contributed by atoms with E-state index in [1.165, 1.54) is 0 Å². The van der Waals surface area contributed by atoms with Crippen LogP contribution in [-0.4, -0.2) is 11.5 Å². The van der Waals surface area contributed by atoms with E-state index in [9.17, 15) is 0 Å². The van der Waals surface area contributed by atoms with E-state index in [2.05, 4.69) is 55.7 Å². The summed E-state index contributed by atoms with van der Waals surface area (Å²) in [5.74, 6) is 0. The third-order valence-corrected chi connectivity index (χ3v) is 3.54. The summed E-state index contributed by atoms with van der Waals surface area (Å²) in [5.41, 5.74) is 1.07. The summed E-state index contributed by atoms with van der Waals surface area (Å²) in [6, 6.07) is 2.33. The first-order valence-corrected chi connectivity index (χ1v) is 7.42. The average Bonchev–Trinajstić information content (AvgIpc) is 2.30. The number of hydrogen-bond donors (Lipinski definition) is 1. The number of nitrogens with zero attached hydrogens (tertiary/aromatic N) is 1. The van der Waals surface area contributed by atoms with Gasteiger partial charge in [0.05, 0.1) is 11.7 Å². The van der Waals surface area contributed by atoms with Crippen molar-refractivity contribution >= 4 is 31.9 Å². The van der Waals surface area contributed by atoms with Crippen LogP contribution in [0.4, 0.5) is 0 Å². The zero-order valence-corrected chi connectivity index (χ0v) is 13.2. The maximum absolute atomic E-state index is 4.49. The van der Waals surface area contributed by atoms with Crippen molar-refractivity contribution in [3.05, 3.63) is 39.6 Å². The Morgan fingerprint density at radius 1 is 1.53 bits per heavy atom. The second-order valence-electron chi connectivity index (χ2n) is 3.89. The van der Waals surface area contributed by atoms with Gasteiger partial charge in [0, 0.05) is 15.1 Å². The Hall–Kier alpha value is -0.190. The summed E-state index contributed by atoms with van der Waals surface area (Å²) in [4.78, 5) is 4.49. The van der Waals surface area contributed by atoms with Gasteiger partial charge < -0.3 is 5.32 Å². The predicted molar refractivity (Wildman–Crippen MR) is 80.1 cm³/mol. The normalized spacial score (nSPS) is 12.4. The molecule has 0 aliphatic rings. The molecule has 0 spiro atoms. The van der Waals surface area contributed by atoms with Gasteiger partial charge in [-0.2, -0.15) is 0 Å². The number of rotatable bonds is 7. The molecule has 0 amide bonds. The van der Waals surface area contributed by atoms with Crippen LogP contribution < -0.4 is 5.32 Å². The van der Waals surface area contributed by atoms with Gasteiger partial charge in [0.25, 0.3) is 0 Å². The molecule has 2 nitrogen and oxygen atoms in total. The molecule has 0 aliphatic carbocycles. The first kappa shape index (κ1) is 14.9. The van der Waals surface area contributed by atoms with E-state index in [1.54, 1.807) is 0 Å². The fourth-order valence-electron chi connectivity index (χ4n) is 1.62. The Balaban J connectivity index is 2.82. The highest BCUT2D eigenvalue weighted by molar-refractivity contribution is 9.11. The topological polar surface area (TPSA) is 24.9 Å². The molecule has 1 rings (SSSR count). The number of halogens is 2. The lowest BCUT2D eigenvalue weighted by Crippen LogP contribution is -2.23. The molecule has 0 bridgehead atoms. The molecule has 94 valence electrons. The second-order valence-corrected chi connectivity index (χ2v) is 5.66. The zero-order valence-electron chi connectivity index (χ0n) is 10.0. The monoisotopic (exact) mass is 360 g/mol. The molecular formula is C13H18Br2N2. The molecule has 1 N–H and O–H groups in total. The SMILES string of the molecule is C=CCCC(NCCC)c1ncc(Br)cc1Br. The zero-order chi connectivity index (χ0) is 12.7. The van der Waals surface area contributed by atoms with E-state index < -0.39 is 0 Å². The highest BCUT2D eigenvalue weighted by atomic mass is 79.9. The summed E-state index contributed by atoms with van der Waals surface area (Å²) in [5, 5.41) is 3.53. The first-order chi connectivity index (χ1) is 8.19. The van der Waals surface area contributed by atoms with Crippen LogP contribution in [0.25, 0.3) is 0 Å². The van der Waals surface area contributed by atoms with Crippen molar-refractivity contribution in [2.24, 2.45) is 0 Å². The Labute approximate surface area is 120 Å². The van der Waals surface area contributed by atoms with Gasteiger partial charge in [-0.1, -0.05) is 13.0 Å². The number of pyridine rings is 1. The largest absolute Gasteiger partial charge is 0.309 e. The highest BCUT2D eigenvalue weighted by Gasteiger charge is 2.14.